The normalized spacial score (nSPS) is 16.1. The molecule has 0 spiro atoms. The van der Waals surface area contributed by atoms with Gasteiger partial charge in [-0.05, 0) is 72.3 Å². The van der Waals surface area contributed by atoms with Gasteiger partial charge in [0.05, 0.1) is 10.6 Å². The fourth-order valence-corrected chi connectivity index (χ4v) is 3.70. The number of amides is 1. The molecule has 0 saturated carbocycles. The molecule has 1 fully saturated rings. The van der Waals surface area contributed by atoms with Gasteiger partial charge >= 0.3 is 0 Å². The SMILES string of the molecule is Cc1ccc(N=C2NC(=O)C(=Cc3cccc(OCc4cccc(F)c4)c3)S2)cc1. The van der Waals surface area contributed by atoms with Crippen molar-refractivity contribution in [3.05, 3.63) is 100 Å². The molecule has 0 radical (unpaired) electrons. The van der Waals surface area contributed by atoms with E-state index < -0.39 is 0 Å². The Morgan fingerprint density at radius 1 is 1.07 bits per heavy atom. The summed E-state index contributed by atoms with van der Waals surface area (Å²) in [7, 11) is 0. The van der Waals surface area contributed by atoms with Crippen molar-refractivity contribution in [2.75, 3.05) is 0 Å². The number of halogens is 1. The number of benzene rings is 3. The fourth-order valence-electron chi connectivity index (χ4n) is 2.86. The molecular weight excluding hydrogens is 399 g/mol. The molecule has 1 aliphatic rings. The molecule has 4 nitrogen and oxygen atoms in total. The van der Waals surface area contributed by atoms with Crippen LogP contribution in [0.5, 0.6) is 5.75 Å². The molecular formula is C24H19FN2O2S. The summed E-state index contributed by atoms with van der Waals surface area (Å²) < 4.78 is 19.1. The number of nitrogens with zero attached hydrogens (tertiary/aromatic N) is 1. The lowest BCUT2D eigenvalue weighted by Crippen LogP contribution is -2.19. The van der Waals surface area contributed by atoms with Gasteiger partial charge in [0, 0.05) is 0 Å². The van der Waals surface area contributed by atoms with Gasteiger partial charge < -0.3 is 10.1 Å². The van der Waals surface area contributed by atoms with Crippen molar-refractivity contribution in [3.63, 3.8) is 0 Å². The molecule has 30 heavy (non-hydrogen) atoms. The van der Waals surface area contributed by atoms with Crippen LogP contribution in [0.25, 0.3) is 6.08 Å². The van der Waals surface area contributed by atoms with E-state index in [4.69, 9.17) is 4.74 Å². The number of aliphatic imine (C=N–C) groups is 1. The van der Waals surface area contributed by atoms with Crippen molar-refractivity contribution in [3.8, 4) is 5.75 Å². The molecule has 0 aromatic heterocycles. The molecule has 150 valence electrons. The predicted molar refractivity (Wildman–Crippen MR) is 119 cm³/mol. The van der Waals surface area contributed by atoms with Crippen LogP contribution >= 0.6 is 11.8 Å². The molecule has 1 aliphatic heterocycles. The third-order valence-electron chi connectivity index (χ3n) is 4.37. The average molecular weight is 418 g/mol. The van der Waals surface area contributed by atoms with E-state index in [0.29, 0.717) is 15.8 Å². The van der Waals surface area contributed by atoms with Crippen LogP contribution in [0.2, 0.25) is 0 Å². The summed E-state index contributed by atoms with van der Waals surface area (Å²) in [5, 5.41) is 3.34. The van der Waals surface area contributed by atoms with E-state index >= 15 is 0 Å². The van der Waals surface area contributed by atoms with Crippen LogP contribution in [-0.4, -0.2) is 11.1 Å². The highest BCUT2D eigenvalue weighted by molar-refractivity contribution is 8.18. The summed E-state index contributed by atoms with van der Waals surface area (Å²) >= 11 is 1.30. The molecule has 0 bridgehead atoms. The summed E-state index contributed by atoms with van der Waals surface area (Å²) in [6.45, 7) is 2.28. The monoisotopic (exact) mass is 418 g/mol. The van der Waals surface area contributed by atoms with Gasteiger partial charge in [0.15, 0.2) is 5.17 Å². The first-order valence-corrected chi connectivity index (χ1v) is 10.2. The molecule has 1 amide bonds. The van der Waals surface area contributed by atoms with Crippen LogP contribution in [0.4, 0.5) is 10.1 Å². The standard InChI is InChI=1S/C24H19FN2O2S/c1-16-8-10-20(11-9-16)26-24-27-23(28)22(30-24)14-17-4-3-7-21(13-17)29-15-18-5-2-6-19(25)12-18/h2-14H,15H2,1H3,(H,26,27,28). The zero-order chi connectivity index (χ0) is 20.9. The minimum absolute atomic E-state index is 0.183. The van der Waals surface area contributed by atoms with Crippen LogP contribution in [-0.2, 0) is 11.4 Å². The molecule has 3 aromatic rings. The minimum Gasteiger partial charge on any atom is -0.489 e. The number of amidine groups is 1. The van der Waals surface area contributed by atoms with Crippen molar-refractivity contribution < 1.29 is 13.9 Å². The van der Waals surface area contributed by atoms with Crippen LogP contribution in [0, 0.1) is 12.7 Å². The van der Waals surface area contributed by atoms with Crippen molar-refractivity contribution in [1.29, 1.82) is 0 Å². The van der Waals surface area contributed by atoms with Gasteiger partial charge in [-0.15, -0.1) is 0 Å². The fraction of sp³-hybridized carbons (Fsp3) is 0.0833. The first-order valence-electron chi connectivity index (χ1n) is 9.39. The number of hydrogen-bond donors (Lipinski definition) is 1. The lowest BCUT2D eigenvalue weighted by Gasteiger charge is -2.07. The van der Waals surface area contributed by atoms with Crippen LogP contribution in [0.1, 0.15) is 16.7 Å². The quantitative estimate of drug-likeness (QED) is 0.549. The summed E-state index contributed by atoms with van der Waals surface area (Å²) in [6.07, 6.45) is 1.80. The Labute approximate surface area is 178 Å². The maximum Gasteiger partial charge on any atom is 0.264 e. The van der Waals surface area contributed by atoms with Crippen molar-refractivity contribution in [1.82, 2.24) is 5.32 Å². The molecule has 3 aromatic carbocycles. The number of ether oxygens (including phenoxy) is 1. The summed E-state index contributed by atoms with van der Waals surface area (Å²) in [6, 6.07) is 21.5. The minimum atomic E-state index is -0.290. The second-order valence-corrected chi connectivity index (χ2v) is 7.84. The van der Waals surface area contributed by atoms with Crippen LogP contribution < -0.4 is 10.1 Å². The second-order valence-electron chi connectivity index (χ2n) is 6.81. The first kappa shape index (κ1) is 19.9. The van der Waals surface area contributed by atoms with Gasteiger partial charge in [0.2, 0.25) is 0 Å². The van der Waals surface area contributed by atoms with E-state index in [-0.39, 0.29) is 18.3 Å². The predicted octanol–water partition coefficient (Wildman–Crippen LogP) is 5.60. The van der Waals surface area contributed by atoms with Crippen molar-refractivity contribution >= 4 is 34.6 Å². The number of rotatable bonds is 5. The van der Waals surface area contributed by atoms with Crippen molar-refractivity contribution in [2.45, 2.75) is 13.5 Å². The number of carbonyl (C=O) groups is 1. The summed E-state index contributed by atoms with van der Waals surface area (Å²) in [5.41, 5.74) is 3.53. The molecule has 0 atom stereocenters. The molecule has 4 rings (SSSR count). The Bertz CT molecular complexity index is 1140. The highest BCUT2D eigenvalue weighted by atomic mass is 32.2. The summed E-state index contributed by atoms with van der Waals surface area (Å²) in [5.74, 6) is 0.171. The largest absolute Gasteiger partial charge is 0.489 e. The first-order chi connectivity index (χ1) is 14.5. The van der Waals surface area contributed by atoms with Crippen molar-refractivity contribution in [2.24, 2.45) is 4.99 Å². The maximum atomic E-state index is 13.3. The molecule has 1 heterocycles. The number of nitrogens with one attached hydrogen (secondary N) is 1. The Balaban J connectivity index is 1.45. The average Bonchev–Trinajstić information content (AvgIpc) is 3.07. The molecule has 1 saturated heterocycles. The van der Waals surface area contributed by atoms with Gasteiger partial charge in [-0.1, -0.05) is 42.0 Å². The number of thioether (sulfide) groups is 1. The van der Waals surface area contributed by atoms with Crippen LogP contribution in [0.3, 0.4) is 0 Å². The van der Waals surface area contributed by atoms with Gasteiger partial charge in [-0.2, -0.15) is 0 Å². The topological polar surface area (TPSA) is 50.7 Å². The van der Waals surface area contributed by atoms with Gasteiger partial charge in [-0.3, -0.25) is 4.79 Å². The third-order valence-corrected chi connectivity index (χ3v) is 5.28. The van der Waals surface area contributed by atoms with Gasteiger partial charge in [-0.25, -0.2) is 9.38 Å². The second kappa shape index (κ2) is 8.97. The number of hydrogen-bond acceptors (Lipinski definition) is 4. The van der Waals surface area contributed by atoms with E-state index in [2.05, 4.69) is 10.3 Å². The van der Waals surface area contributed by atoms with E-state index in [1.165, 1.54) is 23.9 Å². The highest BCUT2D eigenvalue weighted by Gasteiger charge is 2.23. The molecule has 1 N–H and O–H groups in total. The number of aryl methyl sites for hydroxylation is 1. The summed E-state index contributed by atoms with van der Waals surface area (Å²) in [4.78, 5) is 17.4. The zero-order valence-corrected chi connectivity index (χ0v) is 17.1. The van der Waals surface area contributed by atoms with E-state index in [0.717, 1.165) is 22.4 Å². The van der Waals surface area contributed by atoms with E-state index in [9.17, 15) is 9.18 Å². The zero-order valence-electron chi connectivity index (χ0n) is 16.3. The molecule has 6 heteroatoms. The number of carbonyl (C=O) groups excluding carboxylic acids is 1. The Kier molecular flexibility index (Phi) is 5.95. The van der Waals surface area contributed by atoms with E-state index in [1.807, 2.05) is 61.5 Å². The Morgan fingerprint density at radius 2 is 1.87 bits per heavy atom. The third kappa shape index (κ3) is 5.15. The van der Waals surface area contributed by atoms with Crippen LogP contribution in [0.15, 0.2) is 82.7 Å². The Hall–Kier alpha value is -3.38. The Morgan fingerprint density at radius 3 is 2.67 bits per heavy atom. The van der Waals surface area contributed by atoms with Gasteiger partial charge in [0.25, 0.3) is 5.91 Å². The molecule has 0 aliphatic carbocycles. The van der Waals surface area contributed by atoms with Gasteiger partial charge in [0.1, 0.15) is 18.2 Å². The molecule has 0 unspecified atom stereocenters. The lowest BCUT2D eigenvalue weighted by atomic mass is 10.2. The maximum absolute atomic E-state index is 13.3. The van der Waals surface area contributed by atoms with E-state index in [1.54, 1.807) is 12.1 Å². The smallest absolute Gasteiger partial charge is 0.264 e. The highest BCUT2D eigenvalue weighted by Crippen LogP contribution is 2.29. The lowest BCUT2D eigenvalue weighted by molar-refractivity contribution is -0.115.